The maximum atomic E-state index is 13.8. The molecule has 0 saturated heterocycles. The van der Waals surface area contributed by atoms with Crippen molar-refractivity contribution in [2.75, 3.05) is 5.32 Å². The van der Waals surface area contributed by atoms with E-state index < -0.39 is 4.92 Å². The molecular weight excluding hydrogens is 629 g/mol. The standard InChI is InChI=1S/C36H36N6O3S2/c1-5-41-32(23-12-8-6-9-13-23)39-40-35(41)47-29-19-17-27(42(44)45)20-24(29)22-37-34-31(33(43)38-26-14-10-7-11-15-26)28-18-16-25(36(2,3)4)21-30(28)46-34/h6-15,17,19-20,22,25H,5,16,18,21H2,1-4H3,(H,38,43)/t25-/m0/s1. The average Bonchev–Trinajstić information content (AvgIpc) is 3.65. The van der Waals surface area contributed by atoms with Crippen LogP contribution in [-0.4, -0.2) is 31.8 Å². The molecule has 0 bridgehead atoms. The number of benzene rings is 3. The number of para-hydroxylation sites is 1. The summed E-state index contributed by atoms with van der Waals surface area (Å²) in [6.45, 7) is 9.47. The first-order chi connectivity index (χ1) is 22.6. The zero-order valence-corrected chi connectivity index (χ0v) is 28.4. The molecule has 1 amide bonds. The van der Waals surface area contributed by atoms with Crippen LogP contribution >= 0.6 is 23.1 Å². The number of amides is 1. The number of carbonyl (C=O) groups is 1. The smallest absolute Gasteiger partial charge is 0.270 e. The molecule has 1 atom stereocenters. The van der Waals surface area contributed by atoms with Gasteiger partial charge in [0.15, 0.2) is 11.0 Å². The van der Waals surface area contributed by atoms with Crippen LogP contribution < -0.4 is 5.32 Å². The number of hydrogen-bond acceptors (Lipinski definition) is 8. The summed E-state index contributed by atoms with van der Waals surface area (Å²) in [5.41, 5.74) is 3.96. The Morgan fingerprint density at radius 2 is 1.83 bits per heavy atom. The SMILES string of the molecule is CCn1c(Sc2ccc([N+](=O)[O-])cc2C=Nc2sc3c(c2C(=O)Nc2ccccc2)CC[C@H](C(C)(C)C)C3)nnc1-c1ccccc1. The van der Waals surface area contributed by atoms with Crippen LogP contribution in [0.25, 0.3) is 11.4 Å². The third-order valence-electron chi connectivity index (χ3n) is 8.52. The minimum absolute atomic E-state index is 0.0433. The summed E-state index contributed by atoms with van der Waals surface area (Å²) in [7, 11) is 0. The maximum absolute atomic E-state index is 13.8. The van der Waals surface area contributed by atoms with Gasteiger partial charge in [-0.05, 0) is 73.0 Å². The van der Waals surface area contributed by atoms with Gasteiger partial charge in [-0.3, -0.25) is 14.9 Å². The molecular formula is C36H36N6O3S2. The second kappa shape index (κ2) is 13.6. The van der Waals surface area contributed by atoms with Gasteiger partial charge in [0.05, 0.1) is 10.5 Å². The summed E-state index contributed by atoms with van der Waals surface area (Å²) in [6.07, 6.45) is 4.32. The summed E-state index contributed by atoms with van der Waals surface area (Å²) in [4.78, 5) is 32.0. The number of fused-ring (bicyclic) bond motifs is 1. The molecule has 47 heavy (non-hydrogen) atoms. The van der Waals surface area contributed by atoms with Crippen LogP contribution in [0.5, 0.6) is 0 Å². The van der Waals surface area contributed by atoms with Crippen molar-refractivity contribution in [3.63, 3.8) is 0 Å². The summed E-state index contributed by atoms with van der Waals surface area (Å²) in [5, 5.41) is 25.0. The van der Waals surface area contributed by atoms with Gasteiger partial charge in [-0.1, -0.05) is 69.3 Å². The molecule has 0 aliphatic heterocycles. The lowest BCUT2D eigenvalue weighted by atomic mass is 9.72. The van der Waals surface area contributed by atoms with Gasteiger partial charge < -0.3 is 9.88 Å². The largest absolute Gasteiger partial charge is 0.322 e. The van der Waals surface area contributed by atoms with Gasteiger partial charge in [-0.25, -0.2) is 4.99 Å². The van der Waals surface area contributed by atoms with Crippen LogP contribution in [0.2, 0.25) is 0 Å². The van der Waals surface area contributed by atoms with Crippen LogP contribution in [0.4, 0.5) is 16.4 Å². The minimum Gasteiger partial charge on any atom is -0.322 e. The van der Waals surface area contributed by atoms with Crippen LogP contribution in [-0.2, 0) is 19.4 Å². The Balaban J connectivity index is 1.39. The molecule has 0 radical (unpaired) electrons. The van der Waals surface area contributed by atoms with Crippen molar-refractivity contribution in [2.45, 2.75) is 63.6 Å². The molecule has 1 aliphatic carbocycles. The Labute approximate surface area is 282 Å². The molecule has 5 aromatic rings. The Bertz CT molecular complexity index is 1940. The Morgan fingerprint density at radius 1 is 1.11 bits per heavy atom. The minimum atomic E-state index is -0.414. The lowest BCUT2D eigenvalue weighted by molar-refractivity contribution is -0.384. The fourth-order valence-electron chi connectivity index (χ4n) is 5.87. The van der Waals surface area contributed by atoms with Gasteiger partial charge in [0.2, 0.25) is 0 Å². The first kappa shape index (κ1) is 32.3. The van der Waals surface area contributed by atoms with E-state index in [0.29, 0.717) is 39.4 Å². The van der Waals surface area contributed by atoms with E-state index in [4.69, 9.17) is 4.99 Å². The summed E-state index contributed by atoms with van der Waals surface area (Å²) in [5.74, 6) is 1.04. The molecule has 1 N–H and O–H groups in total. The number of rotatable bonds is 9. The van der Waals surface area contributed by atoms with Crippen molar-refractivity contribution in [3.8, 4) is 11.4 Å². The first-order valence-corrected chi connectivity index (χ1v) is 17.3. The molecule has 1 aliphatic rings. The molecule has 0 saturated carbocycles. The van der Waals surface area contributed by atoms with Crippen molar-refractivity contribution >= 4 is 51.6 Å². The quantitative estimate of drug-likeness (QED) is 0.0954. The van der Waals surface area contributed by atoms with Crippen LogP contribution in [0.15, 0.2) is 93.9 Å². The highest BCUT2D eigenvalue weighted by atomic mass is 32.2. The second-order valence-electron chi connectivity index (χ2n) is 12.6. The third-order valence-corrected chi connectivity index (χ3v) is 10.8. The van der Waals surface area contributed by atoms with Crippen molar-refractivity contribution in [1.29, 1.82) is 0 Å². The molecule has 0 spiro atoms. The number of nitrogens with one attached hydrogen (secondary N) is 1. The lowest BCUT2D eigenvalue weighted by Gasteiger charge is -2.33. The van der Waals surface area contributed by atoms with Crippen LogP contribution in [0.1, 0.15) is 60.5 Å². The number of non-ortho nitro benzene ring substituents is 1. The van der Waals surface area contributed by atoms with Gasteiger partial charge in [0.25, 0.3) is 11.6 Å². The van der Waals surface area contributed by atoms with E-state index in [-0.39, 0.29) is 17.0 Å². The van der Waals surface area contributed by atoms with E-state index in [2.05, 4.69) is 36.3 Å². The van der Waals surface area contributed by atoms with Crippen molar-refractivity contribution < 1.29 is 9.72 Å². The van der Waals surface area contributed by atoms with E-state index in [1.165, 1.54) is 28.8 Å². The summed E-state index contributed by atoms with van der Waals surface area (Å²) >= 11 is 2.92. The van der Waals surface area contributed by atoms with E-state index >= 15 is 0 Å². The van der Waals surface area contributed by atoms with E-state index in [1.807, 2.05) is 72.2 Å². The average molecular weight is 665 g/mol. The number of aliphatic imine (C=N–C) groups is 1. The molecule has 0 fully saturated rings. The van der Waals surface area contributed by atoms with E-state index in [1.54, 1.807) is 23.6 Å². The summed E-state index contributed by atoms with van der Waals surface area (Å²) in [6, 6.07) is 24.0. The topological polar surface area (TPSA) is 115 Å². The van der Waals surface area contributed by atoms with Crippen molar-refractivity contribution in [1.82, 2.24) is 14.8 Å². The Hall–Kier alpha value is -4.61. The molecule has 0 unspecified atom stereocenters. The van der Waals surface area contributed by atoms with E-state index in [0.717, 1.165) is 41.1 Å². The Kier molecular flexibility index (Phi) is 9.38. The lowest BCUT2D eigenvalue weighted by Crippen LogP contribution is -2.27. The molecule has 2 heterocycles. The molecule has 2 aromatic heterocycles. The highest BCUT2D eigenvalue weighted by molar-refractivity contribution is 7.99. The predicted molar refractivity (Wildman–Crippen MR) is 189 cm³/mol. The molecule has 6 rings (SSSR count). The maximum Gasteiger partial charge on any atom is 0.270 e. The van der Waals surface area contributed by atoms with Crippen molar-refractivity contribution in [2.24, 2.45) is 16.3 Å². The number of aromatic nitrogens is 3. The second-order valence-corrected chi connectivity index (χ2v) is 14.7. The Morgan fingerprint density at radius 3 is 2.51 bits per heavy atom. The van der Waals surface area contributed by atoms with Gasteiger partial charge >= 0.3 is 0 Å². The number of nitro groups is 1. The highest BCUT2D eigenvalue weighted by Crippen LogP contribution is 2.45. The van der Waals surface area contributed by atoms with Gasteiger partial charge in [0, 0.05) is 51.5 Å². The normalized spacial score (nSPS) is 14.7. The highest BCUT2D eigenvalue weighted by Gasteiger charge is 2.34. The fraction of sp³-hybridized carbons (Fsp3) is 0.278. The van der Waals surface area contributed by atoms with E-state index in [9.17, 15) is 14.9 Å². The van der Waals surface area contributed by atoms with Crippen LogP contribution in [0, 0.1) is 21.4 Å². The van der Waals surface area contributed by atoms with Gasteiger partial charge in [-0.2, -0.15) is 0 Å². The number of nitrogens with zero attached hydrogens (tertiary/aromatic N) is 5. The number of nitro benzene ring substituents is 1. The van der Waals surface area contributed by atoms with Gasteiger partial charge in [-0.15, -0.1) is 21.5 Å². The zero-order valence-electron chi connectivity index (χ0n) is 26.8. The molecule has 3 aromatic carbocycles. The van der Waals surface area contributed by atoms with Crippen LogP contribution in [0.3, 0.4) is 0 Å². The van der Waals surface area contributed by atoms with Gasteiger partial charge in [0.1, 0.15) is 5.00 Å². The monoisotopic (exact) mass is 664 g/mol. The third kappa shape index (κ3) is 7.06. The number of anilines is 1. The molecule has 9 nitrogen and oxygen atoms in total. The molecule has 240 valence electrons. The summed E-state index contributed by atoms with van der Waals surface area (Å²) < 4.78 is 2.02. The predicted octanol–water partition coefficient (Wildman–Crippen LogP) is 9.24. The number of carbonyl (C=O) groups excluding carboxylic acids is 1. The van der Waals surface area contributed by atoms with Crippen molar-refractivity contribution in [3.05, 3.63) is 111 Å². The fourth-order valence-corrected chi connectivity index (χ4v) is 8.11. The number of hydrogen-bond donors (Lipinski definition) is 1. The molecule has 11 heteroatoms. The zero-order chi connectivity index (χ0) is 33.1. The first-order valence-electron chi connectivity index (χ1n) is 15.6. The number of thiophene rings is 1.